The highest BCUT2D eigenvalue weighted by Crippen LogP contribution is 2.46. The van der Waals surface area contributed by atoms with Gasteiger partial charge in [-0.1, -0.05) is 33.8 Å². The largest absolute Gasteiger partial charge is 0.504 e. The Morgan fingerprint density at radius 2 is 1.77 bits per heavy atom. The monoisotopic (exact) mass is 298 g/mol. The Morgan fingerprint density at radius 3 is 2.41 bits per heavy atom. The summed E-state index contributed by atoms with van der Waals surface area (Å²) in [7, 11) is 0. The number of phenols is 2. The van der Waals surface area contributed by atoms with E-state index in [1.54, 1.807) is 0 Å². The van der Waals surface area contributed by atoms with Gasteiger partial charge in [0.1, 0.15) is 0 Å². The van der Waals surface area contributed by atoms with E-state index in [0.717, 1.165) is 28.3 Å². The van der Waals surface area contributed by atoms with Crippen molar-refractivity contribution in [2.24, 2.45) is 0 Å². The molecule has 1 aliphatic rings. The van der Waals surface area contributed by atoms with Gasteiger partial charge in [0.15, 0.2) is 11.5 Å². The lowest BCUT2D eigenvalue weighted by atomic mass is 9.70. The summed E-state index contributed by atoms with van der Waals surface area (Å²) < 4.78 is 0. The van der Waals surface area contributed by atoms with Crippen LogP contribution in [-0.2, 0) is 11.8 Å². The van der Waals surface area contributed by atoms with E-state index in [2.05, 4.69) is 26.8 Å². The van der Waals surface area contributed by atoms with Crippen molar-refractivity contribution in [1.82, 2.24) is 0 Å². The second-order valence-electron chi connectivity index (χ2n) is 7.68. The third-order valence-electron chi connectivity index (χ3n) is 5.37. The molecule has 0 saturated heterocycles. The minimum Gasteiger partial charge on any atom is -0.504 e. The molecule has 2 nitrogen and oxygen atoms in total. The highest BCUT2D eigenvalue weighted by Gasteiger charge is 2.30. The summed E-state index contributed by atoms with van der Waals surface area (Å²) in [6.07, 6.45) is 3.45. The van der Waals surface area contributed by atoms with E-state index in [9.17, 15) is 10.2 Å². The summed E-state index contributed by atoms with van der Waals surface area (Å²) in [6, 6.07) is 4.29. The number of phenolic OH excluding ortho intramolecular Hbond substituents is 2. The van der Waals surface area contributed by atoms with Crippen LogP contribution in [0.5, 0.6) is 11.5 Å². The van der Waals surface area contributed by atoms with Gasteiger partial charge in [-0.05, 0) is 65.7 Å². The zero-order valence-corrected chi connectivity index (χ0v) is 14.2. The minimum absolute atomic E-state index is 0.0422. The summed E-state index contributed by atoms with van der Waals surface area (Å²) in [5, 5.41) is 22.8. The van der Waals surface area contributed by atoms with Gasteiger partial charge in [0.05, 0.1) is 0 Å². The first-order valence-electron chi connectivity index (χ1n) is 8.25. The predicted molar refractivity (Wildman–Crippen MR) is 92.1 cm³/mol. The van der Waals surface area contributed by atoms with Crippen LogP contribution in [0.25, 0.3) is 10.8 Å². The molecule has 1 aliphatic carbocycles. The van der Waals surface area contributed by atoms with E-state index in [0.29, 0.717) is 0 Å². The van der Waals surface area contributed by atoms with Crippen molar-refractivity contribution in [3.8, 4) is 11.5 Å². The molecule has 118 valence electrons. The smallest absolute Gasteiger partial charge is 0.166 e. The number of aryl methyl sites for hydroxylation is 1. The number of hydrogen-bond acceptors (Lipinski definition) is 2. The van der Waals surface area contributed by atoms with Crippen molar-refractivity contribution in [2.75, 3.05) is 0 Å². The number of hydrogen-bond donors (Lipinski definition) is 2. The van der Waals surface area contributed by atoms with Crippen LogP contribution in [0.4, 0.5) is 0 Å². The number of rotatable bonds is 1. The molecule has 2 aromatic rings. The second-order valence-corrected chi connectivity index (χ2v) is 7.68. The van der Waals surface area contributed by atoms with Gasteiger partial charge < -0.3 is 10.2 Å². The first kappa shape index (κ1) is 15.2. The van der Waals surface area contributed by atoms with Gasteiger partial charge in [-0.25, -0.2) is 0 Å². The Morgan fingerprint density at radius 1 is 1.09 bits per heavy atom. The van der Waals surface area contributed by atoms with Gasteiger partial charge in [0.25, 0.3) is 0 Å². The zero-order chi connectivity index (χ0) is 16.2. The fourth-order valence-corrected chi connectivity index (χ4v) is 4.01. The Labute approximate surface area is 132 Å². The molecule has 0 unspecified atom stereocenters. The van der Waals surface area contributed by atoms with Crippen LogP contribution >= 0.6 is 0 Å². The molecule has 0 aromatic heterocycles. The Kier molecular flexibility index (Phi) is 3.39. The van der Waals surface area contributed by atoms with Gasteiger partial charge in [-0.2, -0.15) is 0 Å². The quantitative estimate of drug-likeness (QED) is 0.702. The lowest BCUT2D eigenvalue weighted by Crippen LogP contribution is -2.24. The highest BCUT2D eigenvalue weighted by atomic mass is 16.3. The van der Waals surface area contributed by atoms with Crippen molar-refractivity contribution < 1.29 is 10.2 Å². The second kappa shape index (κ2) is 4.91. The SMILES string of the molecule is Cc1c2c(cc3cc(C(C)C)c(O)c(O)c13)C(C)(C)CCC2. The maximum atomic E-state index is 10.6. The molecule has 0 radical (unpaired) electrons. The van der Waals surface area contributed by atoms with E-state index < -0.39 is 0 Å². The molecule has 0 bridgehead atoms. The Bertz CT molecular complexity index is 754. The lowest BCUT2D eigenvalue weighted by Gasteiger charge is -2.34. The first-order valence-corrected chi connectivity index (χ1v) is 8.25. The average molecular weight is 298 g/mol. The number of benzene rings is 2. The fourth-order valence-electron chi connectivity index (χ4n) is 4.01. The van der Waals surface area contributed by atoms with Crippen molar-refractivity contribution in [2.45, 2.75) is 65.2 Å². The molecule has 2 heteroatoms. The van der Waals surface area contributed by atoms with Crippen LogP contribution in [0.15, 0.2) is 12.1 Å². The van der Waals surface area contributed by atoms with Crippen LogP contribution in [0.1, 0.15) is 68.7 Å². The van der Waals surface area contributed by atoms with Crippen molar-refractivity contribution in [3.05, 3.63) is 34.4 Å². The summed E-state index contributed by atoms with van der Waals surface area (Å²) in [5.74, 6) is 0.269. The molecule has 22 heavy (non-hydrogen) atoms. The minimum atomic E-state index is 0.0422. The third kappa shape index (κ3) is 2.08. The molecule has 0 fully saturated rings. The molecule has 2 aromatic carbocycles. The fraction of sp³-hybridized carbons (Fsp3) is 0.500. The Hall–Kier alpha value is -1.70. The van der Waals surface area contributed by atoms with Crippen LogP contribution in [0.3, 0.4) is 0 Å². The van der Waals surface area contributed by atoms with Crippen LogP contribution < -0.4 is 0 Å². The molecule has 0 saturated carbocycles. The summed E-state index contributed by atoms with van der Waals surface area (Å²) in [4.78, 5) is 0. The molecule has 2 N–H and O–H groups in total. The van der Waals surface area contributed by atoms with Crippen LogP contribution in [-0.4, -0.2) is 10.2 Å². The maximum Gasteiger partial charge on any atom is 0.166 e. The van der Waals surface area contributed by atoms with Gasteiger partial charge in [0.2, 0.25) is 0 Å². The normalized spacial score (nSPS) is 17.0. The maximum absolute atomic E-state index is 10.6. The standard InChI is InChI=1S/C20H26O2/c1-11(2)15-9-13-10-16-14(7-6-8-20(16,4)5)12(3)17(13)19(22)18(15)21/h9-11,21-22H,6-8H2,1-5H3. The van der Waals surface area contributed by atoms with E-state index in [-0.39, 0.29) is 22.8 Å². The Balaban J connectivity index is 2.42. The third-order valence-corrected chi connectivity index (χ3v) is 5.37. The zero-order valence-electron chi connectivity index (χ0n) is 14.2. The van der Waals surface area contributed by atoms with E-state index in [1.165, 1.54) is 24.0 Å². The number of fused-ring (bicyclic) bond motifs is 2. The van der Waals surface area contributed by atoms with Gasteiger partial charge in [0, 0.05) is 10.9 Å². The molecule has 0 heterocycles. The summed E-state index contributed by atoms with van der Waals surface area (Å²) in [5.41, 5.74) is 4.89. The van der Waals surface area contributed by atoms with E-state index >= 15 is 0 Å². The molecule has 0 atom stereocenters. The van der Waals surface area contributed by atoms with Gasteiger partial charge >= 0.3 is 0 Å². The lowest BCUT2D eigenvalue weighted by molar-refractivity contribution is 0.401. The molecular weight excluding hydrogens is 272 g/mol. The summed E-state index contributed by atoms with van der Waals surface area (Å²) in [6.45, 7) is 10.8. The molecular formula is C20H26O2. The highest BCUT2D eigenvalue weighted by molar-refractivity contribution is 5.96. The molecule has 3 rings (SSSR count). The van der Waals surface area contributed by atoms with E-state index in [1.807, 2.05) is 19.9 Å². The number of aromatic hydroxyl groups is 2. The van der Waals surface area contributed by atoms with Crippen molar-refractivity contribution in [1.29, 1.82) is 0 Å². The average Bonchev–Trinajstić information content (AvgIpc) is 2.43. The summed E-state index contributed by atoms with van der Waals surface area (Å²) >= 11 is 0. The molecule has 0 aliphatic heterocycles. The van der Waals surface area contributed by atoms with Gasteiger partial charge in [-0.3, -0.25) is 0 Å². The van der Waals surface area contributed by atoms with Crippen LogP contribution in [0, 0.1) is 6.92 Å². The predicted octanol–water partition coefficient (Wildman–Crippen LogP) is 5.30. The van der Waals surface area contributed by atoms with Crippen LogP contribution in [0.2, 0.25) is 0 Å². The van der Waals surface area contributed by atoms with E-state index in [4.69, 9.17) is 0 Å². The van der Waals surface area contributed by atoms with Gasteiger partial charge in [-0.15, -0.1) is 0 Å². The van der Waals surface area contributed by atoms with Crippen molar-refractivity contribution >= 4 is 10.8 Å². The topological polar surface area (TPSA) is 40.5 Å². The molecule has 0 spiro atoms. The first-order chi connectivity index (χ1) is 10.2. The molecule has 0 amide bonds. The van der Waals surface area contributed by atoms with Crippen molar-refractivity contribution in [3.63, 3.8) is 0 Å².